The van der Waals surface area contributed by atoms with Crippen molar-refractivity contribution in [1.29, 1.82) is 0 Å². The van der Waals surface area contributed by atoms with Crippen LogP contribution in [-0.4, -0.2) is 31.0 Å². The molecule has 0 aliphatic carbocycles. The van der Waals surface area contributed by atoms with Crippen molar-refractivity contribution < 1.29 is 134 Å². The van der Waals surface area contributed by atoms with Crippen LogP contribution in [0.5, 0.6) is 5.75 Å². The van der Waals surface area contributed by atoms with Gasteiger partial charge in [-0.25, -0.2) is 16.8 Å². The van der Waals surface area contributed by atoms with Crippen LogP contribution in [0.25, 0.3) is 32.3 Å². The van der Waals surface area contributed by atoms with Gasteiger partial charge in [0.2, 0.25) is 0 Å². The summed E-state index contributed by atoms with van der Waals surface area (Å²) in [5.74, 6) is -0.313. The standard InChI is InChI=1S/C16H10O10S3.3Na/c17-11-5-9-12(27-26-25-18)3-1-8-14(29(22,23)24)6-10-13(28(19,20)21)4-2-7(11)15(10)16(8)9;;;/h1-6,17-18H,(H,19,20,21)(H,22,23,24);;;/q;3*+1/p-3. The summed E-state index contributed by atoms with van der Waals surface area (Å²) < 4.78 is 75.0. The normalized spacial score (nSPS) is 11.8. The molecule has 32 heavy (non-hydrogen) atoms. The summed E-state index contributed by atoms with van der Waals surface area (Å²) >= 11 is 0.451. The van der Waals surface area contributed by atoms with Crippen LogP contribution in [0.15, 0.2) is 51.1 Å². The third-order valence-electron chi connectivity index (χ3n) is 4.45. The summed E-state index contributed by atoms with van der Waals surface area (Å²) in [6.07, 6.45) is 0. The average Bonchev–Trinajstić information content (AvgIpc) is 2.63. The molecule has 0 saturated carbocycles. The first-order chi connectivity index (χ1) is 13.5. The zero-order valence-corrected chi connectivity index (χ0v) is 25.3. The zero-order valence-electron chi connectivity index (χ0n) is 16.8. The average molecular weight is 524 g/mol. The fourth-order valence-electron chi connectivity index (χ4n) is 3.42. The van der Waals surface area contributed by atoms with E-state index in [1.54, 1.807) is 0 Å². The van der Waals surface area contributed by atoms with Crippen LogP contribution >= 0.6 is 12.0 Å². The minimum atomic E-state index is -5.07. The first-order valence-corrected chi connectivity index (χ1v) is 11.1. The Balaban J connectivity index is 0.00000171. The molecule has 0 fully saturated rings. The van der Waals surface area contributed by atoms with Gasteiger partial charge in [-0.2, -0.15) is 4.33 Å². The number of benzene rings is 4. The molecule has 4 aromatic rings. The van der Waals surface area contributed by atoms with E-state index < -0.39 is 30.0 Å². The molecule has 0 atom stereocenters. The van der Waals surface area contributed by atoms with Crippen molar-refractivity contribution in [3.8, 4) is 5.75 Å². The molecule has 4 rings (SSSR count). The first kappa shape index (κ1) is 30.8. The molecule has 16 heteroatoms. The van der Waals surface area contributed by atoms with E-state index in [-0.39, 0.29) is 132 Å². The van der Waals surface area contributed by atoms with Crippen molar-refractivity contribution >= 4 is 64.6 Å². The van der Waals surface area contributed by atoms with E-state index in [9.17, 15) is 36.3 Å². The van der Waals surface area contributed by atoms with E-state index in [2.05, 4.69) is 9.37 Å². The number of phenols is 1. The summed E-state index contributed by atoms with van der Waals surface area (Å²) in [5, 5.41) is 23.9. The number of hydrogen-bond acceptors (Lipinski definition) is 11. The Bertz CT molecular complexity index is 1510. The molecular formula is C16H7Na3O10S3. The van der Waals surface area contributed by atoms with Crippen LogP contribution in [0.1, 0.15) is 0 Å². The molecule has 0 amide bonds. The maximum absolute atomic E-state index is 11.8. The van der Waals surface area contributed by atoms with E-state index in [4.69, 9.17) is 0 Å². The summed E-state index contributed by atoms with van der Waals surface area (Å²) in [6.45, 7) is 0. The van der Waals surface area contributed by atoms with Crippen LogP contribution in [0.4, 0.5) is 0 Å². The SMILES string of the molecule is O=S(=O)([O-])c1ccc2c(O)cc3c(SOO[O-])ccc4c(S(=O)(=O)[O-])cc1c2c34.[Na+].[Na+].[Na+]. The number of aromatic hydroxyl groups is 1. The van der Waals surface area contributed by atoms with E-state index in [1.165, 1.54) is 24.3 Å². The topological polar surface area (TPSA) is 176 Å². The first-order valence-electron chi connectivity index (χ1n) is 7.56. The second-order valence-corrected chi connectivity index (χ2v) is 9.40. The van der Waals surface area contributed by atoms with Crippen molar-refractivity contribution in [2.75, 3.05) is 0 Å². The van der Waals surface area contributed by atoms with Gasteiger partial charge in [-0.3, -0.25) is 5.04 Å². The van der Waals surface area contributed by atoms with Crippen molar-refractivity contribution in [3.05, 3.63) is 36.4 Å². The Hall–Kier alpha value is 0.770. The molecule has 0 bridgehead atoms. The molecule has 0 aliphatic heterocycles. The molecule has 0 saturated heterocycles. The molecule has 0 aromatic heterocycles. The monoisotopic (exact) mass is 524 g/mol. The van der Waals surface area contributed by atoms with Gasteiger partial charge in [-0.05, 0) is 30.3 Å². The Morgan fingerprint density at radius 3 is 1.88 bits per heavy atom. The van der Waals surface area contributed by atoms with E-state index >= 15 is 0 Å². The maximum atomic E-state index is 11.8. The molecule has 0 unspecified atom stereocenters. The van der Waals surface area contributed by atoms with E-state index in [0.29, 0.717) is 12.0 Å². The third-order valence-corrected chi connectivity index (χ3v) is 6.88. The fraction of sp³-hybridized carbons (Fsp3) is 0. The van der Waals surface area contributed by atoms with Gasteiger partial charge in [0.1, 0.15) is 26.0 Å². The Morgan fingerprint density at radius 2 is 1.31 bits per heavy atom. The predicted octanol–water partition coefficient (Wildman–Crippen LogP) is -7.66. The molecule has 0 aliphatic rings. The van der Waals surface area contributed by atoms with Crippen molar-refractivity contribution in [3.63, 3.8) is 0 Å². The molecule has 152 valence electrons. The quantitative estimate of drug-likeness (QED) is 0.0655. The van der Waals surface area contributed by atoms with Gasteiger partial charge in [-0.1, -0.05) is 6.07 Å². The smallest absolute Gasteiger partial charge is 0.744 e. The fourth-order valence-corrected chi connectivity index (χ4v) is 5.26. The van der Waals surface area contributed by atoms with Crippen molar-refractivity contribution in [1.82, 2.24) is 0 Å². The Labute approximate surface area is 252 Å². The second-order valence-electron chi connectivity index (χ2n) is 5.97. The second kappa shape index (κ2) is 11.2. The van der Waals surface area contributed by atoms with E-state index in [0.717, 1.165) is 12.1 Å². The zero-order chi connectivity index (χ0) is 21.1. The Morgan fingerprint density at radius 1 is 0.750 bits per heavy atom. The number of rotatable bonds is 5. The van der Waals surface area contributed by atoms with Gasteiger partial charge in [0, 0.05) is 37.2 Å². The summed E-state index contributed by atoms with van der Waals surface area (Å²) in [5.41, 5.74) is 0. The molecule has 0 heterocycles. The molecule has 0 radical (unpaired) electrons. The van der Waals surface area contributed by atoms with Gasteiger partial charge >= 0.3 is 88.7 Å². The predicted molar refractivity (Wildman–Crippen MR) is 95.8 cm³/mol. The minimum Gasteiger partial charge on any atom is -0.744 e. The third kappa shape index (κ3) is 5.44. The summed E-state index contributed by atoms with van der Waals surface area (Å²) in [7, 11) is -10.1. The summed E-state index contributed by atoms with van der Waals surface area (Å²) in [6, 6.07) is 6.75. The van der Waals surface area contributed by atoms with Gasteiger partial charge in [0.25, 0.3) is 0 Å². The maximum Gasteiger partial charge on any atom is 1.00 e. The van der Waals surface area contributed by atoms with Gasteiger partial charge in [0.15, 0.2) is 0 Å². The molecule has 10 nitrogen and oxygen atoms in total. The summed E-state index contributed by atoms with van der Waals surface area (Å²) in [4.78, 5) is -1.29. The van der Waals surface area contributed by atoms with Crippen LogP contribution in [0, 0.1) is 0 Å². The molecule has 4 aromatic carbocycles. The van der Waals surface area contributed by atoms with E-state index in [1.807, 2.05) is 0 Å². The van der Waals surface area contributed by atoms with Crippen LogP contribution in [0.2, 0.25) is 0 Å². The van der Waals surface area contributed by atoms with Crippen molar-refractivity contribution in [2.24, 2.45) is 0 Å². The number of hydrogen-bond donors (Lipinski definition) is 1. The van der Waals surface area contributed by atoms with Crippen LogP contribution in [-0.2, 0) is 29.6 Å². The molecule has 1 N–H and O–H groups in total. The van der Waals surface area contributed by atoms with Crippen molar-refractivity contribution in [2.45, 2.75) is 14.7 Å². The van der Waals surface area contributed by atoms with Gasteiger partial charge < -0.3 is 19.5 Å². The Kier molecular flexibility index (Phi) is 10.8. The van der Waals surface area contributed by atoms with Crippen LogP contribution < -0.4 is 93.9 Å². The van der Waals surface area contributed by atoms with Gasteiger partial charge in [0.05, 0.1) is 21.8 Å². The largest absolute Gasteiger partial charge is 1.00 e. The molecular weight excluding hydrogens is 517 g/mol. The number of phenolic OH excluding ortho intramolecular Hbond substituents is 1. The molecule has 0 spiro atoms. The van der Waals surface area contributed by atoms with Gasteiger partial charge in [-0.15, -0.1) is 0 Å². The minimum absolute atomic E-state index is 0. The van der Waals surface area contributed by atoms with Crippen LogP contribution in [0.3, 0.4) is 0 Å².